The lowest BCUT2D eigenvalue weighted by Crippen LogP contribution is -2.46. The average Bonchev–Trinajstić information content (AvgIpc) is 2.62. The van der Waals surface area contributed by atoms with E-state index in [0.29, 0.717) is 0 Å². The number of amides is 1. The summed E-state index contributed by atoms with van der Waals surface area (Å²) in [5, 5.41) is 0. The third-order valence-electron chi connectivity index (χ3n) is 4.08. The number of nitrogens with two attached hydrogens (primary N) is 1. The Morgan fingerprint density at radius 1 is 1.00 bits per heavy atom. The molecule has 2 aromatic rings. The number of pyridine rings is 1. The van der Waals surface area contributed by atoms with Gasteiger partial charge in [-0.25, -0.2) is 4.98 Å². The van der Waals surface area contributed by atoms with Crippen LogP contribution in [-0.4, -0.2) is 42.5 Å². The molecule has 0 aliphatic carbocycles. The summed E-state index contributed by atoms with van der Waals surface area (Å²) in [5.74, 6) is 0.939. The summed E-state index contributed by atoms with van der Waals surface area (Å²) < 4.78 is 0. The molecule has 114 valence electrons. The Bertz CT molecular complexity index is 606. The van der Waals surface area contributed by atoms with Crippen LogP contribution in [0.15, 0.2) is 48.7 Å². The number of anilines is 1. The Morgan fingerprint density at radius 3 is 2.32 bits per heavy atom. The third-order valence-corrected chi connectivity index (χ3v) is 4.08. The van der Waals surface area contributed by atoms with Crippen molar-refractivity contribution in [1.82, 2.24) is 9.88 Å². The molecule has 0 bridgehead atoms. The fraction of sp³-hybridized carbons (Fsp3) is 0.294. The molecule has 1 atom stereocenters. The molecule has 22 heavy (non-hydrogen) atoms. The minimum atomic E-state index is -0.158. The lowest BCUT2D eigenvalue weighted by Gasteiger charge is -2.33. The van der Waals surface area contributed by atoms with E-state index in [1.54, 1.807) is 4.90 Å². The van der Waals surface area contributed by atoms with Crippen LogP contribution in [0.5, 0.6) is 0 Å². The van der Waals surface area contributed by atoms with Crippen LogP contribution in [0.3, 0.4) is 0 Å². The predicted molar refractivity (Wildman–Crippen MR) is 86.6 cm³/mol. The molecule has 0 spiro atoms. The van der Waals surface area contributed by atoms with Crippen LogP contribution >= 0.6 is 0 Å². The highest BCUT2D eigenvalue weighted by atomic mass is 16.1. The first-order valence-corrected chi connectivity index (χ1v) is 7.48. The van der Waals surface area contributed by atoms with Crippen molar-refractivity contribution in [3.05, 3.63) is 59.8 Å². The monoisotopic (exact) mass is 296 g/mol. The van der Waals surface area contributed by atoms with Crippen molar-refractivity contribution in [2.24, 2.45) is 5.73 Å². The number of piperazine rings is 1. The summed E-state index contributed by atoms with van der Waals surface area (Å²) in [6.07, 6.45) is 2.76. The molecule has 1 aromatic heterocycles. The van der Waals surface area contributed by atoms with E-state index in [0.717, 1.165) is 49.5 Å². The standard InChI is InChI=1S/C17H20N4O/c18-17(14-4-2-1-3-5-14)15-6-7-16(19-12-15)21-10-8-20(13-22)9-11-21/h1-7,12-13,17H,8-11,18H2/t17-/m0/s1. The number of rotatable bonds is 4. The molecule has 1 aromatic carbocycles. The summed E-state index contributed by atoms with van der Waals surface area (Å²) in [6, 6.07) is 13.9. The largest absolute Gasteiger partial charge is 0.353 e. The number of aromatic nitrogens is 1. The molecular formula is C17H20N4O. The molecule has 3 rings (SSSR count). The quantitative estimate of drug-likeness (QED) is 0.867. The molecule has 2 heterocycles. The average molecular weight is 296 g/mol. The molecule has 0 saturated carbocycles. The zero-order valence-corrected chi connectivity index (χ0v) is 12.4. The Hall–Kier alpha value is -2.40. The van der Waals surface area contributed by atoms with Crippen LogP contribution in [0.2, 0.25) is 0 Å². The van der Waals surface area contributed by atoms with Crippen molar-refractivity contribution in [1.29, 1.82) is 0 Å². The first-order valence-electron chi connectivity index (χ1n) is 7.48. The van der Waals surface area contributed by atoms with Gasteiger partial charge in [-0.15, -0.1) is 0 Å². The van der Waals surface area contributed by atoms with Gasteiger partial charge >= 0.3 is 0 Å². The Balaban J connectivity index is 1.69. The molecule has 5 nitrogen and oxygen atoms in total. The number of benzene rings is 1. The van der Waals surface area contributed by atoms with Gasteiger partial charge in [0.2, 0.25) is 6.41 Å². The van der Waals surface area contributed by atoms with Crippen molar-refractivity contribution < 1.29 is 4.79 Å². The fourth-order valence-electron chi connectivity index (χ4n) is 2.68. The molecule has 1 aliphatic heterocycles. The van der Waals surface area contributed by atoms with E-state index < -0.39 is 0 Å². The maximum atomic E-state index is 10.7. The predicted octanol–water partition coefficient (Wildman–Crippen LogP) is 1.41. The van der Waals surface area contributed by atoms with E-state index in [2.05, 4.69) is 9.88 Å². The van der Waals surface area contributed by atoms with E-state index >= 15 is 0 Å². The molecule has 0 unspecified atom stereocenters. The molecule has 1 fully saturated rings. The first kappa shape index (κ1) is 14.5. The molecule has 2 N–H and O–H groups in total. The summed E-state index contributed by atoms with van der Waals surface area (Å²) >= 11 is 0. The number of hydrogen-bond acceptors (Lipinski definition) is 4. The van der Waals surface area contributed by atoms with Crippen LogP contribution < -0.4 is 10.6 Å². The highest BCUT2D eigenvalue weighted by Crippen LogP contribution is 2.21. The number of carbonyl (C=O) groups excluding carboxylic acids is 1. The van der Waals surface area contributed by atoms with Gasteiger partial charge in [-0.05, 0) is 17.2 Å². The lowest BCUT2D eigenvalue weighted by molar-refractivity contribution is -0.118. The summed E-state index contributed by atoms with van der Waals surface area (Å²) in [5.41, 5.74) is 8.36. The smallest absolute Gasteiger partial charge is 0.209 e. The first-order chi connectivity index (χ1) is 10.8. The Morgan fingerprint density at radius 2 is 1.73 bits per heavy atom. The fourth-order valence-corrected chi connectivity index (χ4v) is 2.68. The second-order valence-corrected chi connectivity index (χ2v) is 5.47. The van der Waals surface area contributed by atoms with Gasteiger partial charge in [0.25, 0.3) is 0 Å². The van der Waals surface area contributed by atoms with Gasteiger partial charge in [-0.3, -0.25) is 4.79 Å². The van der Waals surface area contributed by atoms with E-state index in [1.165, 1.54) is 0 Å². The highest BCUT2D eigenvalue weighted by Gasteiger charge is 2.17. The van der Waals surface area contributed by atoms with Crippen LogP contribution in [-0.2, 0) is 4.79 Å². The molecular weight excluding hydrogens is 276 g/mol. The second kappa shape index (κ2) is 6.58. The number of nitrogens with zero attached hydrogens (tertiary/aromatic N) is 3. The van der Waals surface area contributed by atoms with Crippen molar-refractivity contribution in [2.45, 2.75) is 6.04 Å². The Labute approximate surface area is 130 Å². The molecule has 0 radical (unpaired) electrons. The Kier molecular flexibility index (Phi) is 4.34. The summed E-state index contributed by atoms with van der Waals surface area (Å²) in [6.45, 7) is 3.12. The third kappa shape index (κ3) is 3.09. The maximum absolute atomic E-state index is 10.7. The zero-order chi connectivity index (χ0) is 15.4. The van der Waals surface area contributed by atoms with E-state index in [-0.39, 0.29) is 6.04 Å². The van der Waals surface area contributed by atoms with E-state index in [9.17, 15) is 4.79 Å². The summed E-state index contributed by atoms with van der Waals surface area (Å²) in [7, 11) is 0. The van der Waals surface area contributed by atoms with Crippen LogP contribution in [0.25, 0.3) is 0 Å². The van der Waals surface area contributed by atoms with Gasteiger partial charge in [0.1, 0.15) is 5.82 Å². The molecule has 1 saturated heterocycles. The van der Waals surface area contributed by atoms with Gasteiger partial charge in [0, 0.05) is 32.4 Å². The van der Waals surface area contributed by atoms with Crippen molar-refractivity contribution in [3.63, 3.8) is 0 Å². The number of carbonyl (C=O) groups is 1. The van der Waals surface area contributed by atoms with Crippen LogP contribution in [0, 0.1) is 0 Å². The van der Waals surface area contributed by atoms with Crippen molar-refractivity contribution in [2.75, 3.05) is 31.1 Å². The maximum Gasteiger partial charge on any atom is 0.209 e. The van der Waals surface area contributed by atoms with Gasteiger partial charge < -0.3 is 15.5 Å². The van der Waals surface area contributed by atoms with Crippen molar-refractivity contribution in [3.8, 4) is 0 Å². The minimum absolute atomic E-state index is 0.158. The van der Waals surface area contributed by atoms with Gasteiger partial charge in [-0.2, -0.15) is 0 Å². The zero-order valence-electron chi connectivity index (χ0n) is 12.4. The summed E-state index contributed by atoms with van der Waals surface area (Å²) in [4.78, 5) is 19.3. The normalized spacial score (nSPS) is 16.4. The van der Waals surface area contributed by atoms with Crippen molar-refractivity contribution >= 4 is 12.2 Å². The van der Waals surface area contributed by atoms with Crippen LogP contribution in [0.1, 0.15) is 17.2 Å². The molecule has 1 amide bonds. The highest BCUT2D eigenvalue weighted by molar-refractivity contribution is 5.49. The van der Waals surface area contributed by atoms with Gasteiger partial charge in [-0.1, -0.05) is 36.4 Å². The minimum Gasteiger partial charge on any atom is -0.353 e. The number of hydrogen-bond donors (Lipinski definition) is 1. The second-order valence-electron chi connectivity index (χ2n) is 5.47. The van der Waals surface area contributed by atoms with Gasteiger partial charge in [0.05, 0.1) is 6.04 Å². The van der Waals surface area contributed by atoms with Crippen LogP contribution in [0.4, 0.5) is 5.82 Å². The molecule has 5 heteroatoms. The molecule has 1 aliphatic rings. The van der Waals surface area contributed by atoms with E-state index in [4.69, 9.17) is 5.73 Å². The van der Waals surface area contributed by atoms with E-state index in [1.807, 2.05) is 48.7 Å². The lowest BCUT2D eigenvalue weighted by atomic mass is 10.0. The van der Waals surface area contributed by atoms with Gasteiger partial charge in [0.15, 0.2) is 0 Å². The SMILES string of the molecule is N[C@@H](c1ccccc1)c1ccc(N2CCN(C=O)CC2)nc1. The topological polar surface area (TPSA) is 62.5 Å².